The first-order valence-electron chi connectivity index (χ1n) is 7.31. The maximum atomic E-state index is 5.91. The van der Waals surface area contributed by atoms with Gasteiger partial charge in [0.15, 0.2) is 11.5 Å². The van der Waals surface area contributed by atoms with Gasteiger partial charge in [-0.25, -0.2) is 0 Å². The van der Waals surface area contributed by atoms with Crippen LogP contribution in [0.25, 0.3) is 0 Å². The van der Waals surface area contributed by atoms with Gasteiger partial charge >= 0.3 is 0 Å². The first kappa shape index (κ1) is 16.2. The SMILES string of the molecule is COc1cc(CC(C)N)cc(OC)c1OCc1ccccc1. The van der Waals surface area contributed by atoms with Crippen molar-refractivity contribution in [1.29, 1.82) is 0 Å². The third-order valence-electron chi connectivity index (χ3n) is 3.30. The van der Waals surface area contributed by atoms with E-state index in [0.29, 0.717) is 23.9 Å². The number of hydrogen-bond donors (Lipinski definition) is 1. The second-order valence-electron chi connectivity index (χ2n) is 5.29. The lowest BCUT2D eigenvalue weighted by molar-refractivity contribution is 0.265. The molecule has 0 saturated carbocycles. The van der Waals surface area contributed by atoms with E-state index >= 15 is 0 Å². The van der Waals surface area contributed by atoms with Crippen LogP contribution in [0.3, 0.4) is 0 Å². The van der Waals surface area contributed by atoms with E-state index in [1.165, 1.54) is 0 Å². The van der Waals surface area contributed by atoms with Gasteiger partial charge in [0.25, 0.3) is 0 Å². The Morgan fingerprint density at radius 3 is 2.05 bits per heavy atom. The Morgan fingerprint density at radius 2 is 1.55 bits per heavy atom. The summed E-state index contributed by atoms with van der Waals surface area (Å²) in [5.41, 5.74) is 8.02. The fourth-order valence-electron chi connectivity index (χ4n) is 2.30. The highest BCUT2D eigenvalue weighted by Crippen LogP contribution is 2.39. The lowest BCUT2D eigenvalue weighted by Crippen LogP contribution is -2.17. The number of hydrogen-bond acceptors (Lipinski definition) is 4. The fourth-order valence-corrected chi connectivity index (χ4v) is 2.30. The maximum absolute atomic E-state index is 5.91. The van der Waals surface area contributed by atoms with Gasteiger partial charge in [-0.1, -0.05) is 30.3 Å². The topological polar surface area (TPSA) is 53.7 Å². The molecule has 2 aromatic rings. The molecule has 1 unspecified atom stereocenters. The molecule has 0 aliphatic carbocycles. The van der Waals surface area contributed by atoms with Crippen molar-refractivity contribution in [3.05, 3.63) is 53.6 Å². The van der Waals surface area contributed by atoms with Gasteiger partial charge in [-0.3, -0.25) is 0 Å². The van der Waals surface area contributed by atoms with Crippen molar-refractivity contribution in [3.63, 3.8) is 0 Å². The molecule has 0 heterocycles. The van der Waals surface area contributed by atoms with Gasteiger partial charge in [-0.05, 0) is 36.6 Å². The lowest BCUT2D eigenvalue weighted by Gasteiger charge is -2.17. The molecule has 0 radical (unpaired) electrons. The molecule has 0 aromatic heterocycles. The molecule has 4 nitrogen and oxygen atoms in total. The molecule has 0 saturated heterocycles. The third-order valence-corrected chi connectivity index (χ3v) is 3.30. The van der Waals surface area contributed by atoms with Gasteiger partial charge in [-0.15, -0.1) is 0 Å². The first-order chi connectivity index (χ1) is 10.6. The zero-order chi connectivity index (χ0) is 15.9. The summed E-state index contributed by atoms with van der Waals surface area (Å²) in [5.74, 6) is 1.93. The van der Waals surface area contributed by atoms with Gasteiger partial charge < -0.3 is 19.9 Å². The molecule has 118 valence electrons. The summed E-state index contributed by atoms with van der Waals surface area (Å²) in [6.07, 6.45) is 0.756. The molecule has 0 aliphatic rings. The lowest BCUT2D eigenvalue weighted by atomic mass is 10.1. The van der Waals surface area contributed by atoms with E-state index in [2.05, 4.69) is 0 Å². The summed E-state index contributed by atoms with van der Waals surface area (Å²) in [6.45, 7) is 2.43. The largest absolute Gasteiger partial charge is 0.493 e. The van der Waals surface area contributed by atoms with Crippen LogP contribution in [0.15, 0.2) is 42.5 Å². The summed E-state index contributed by atoms with van der Waals surface area (Å²) in [4.78, 5) is 0. The maximum Gasteiger partial charge on any atom is 0.203 e. The predicted molar refractivity (Wildman–Crippen MR) is 87.7 cm³/mol. The summed E-state index contributed by atoms with van der Waals surface area (Å²) >= 11 is 0. The molecule has 1 atom stereocenters. The average molecular weight is 301 g/mol. The van der Waals surface area contributed by atoms with Crippen molar-refractivity contribution in [2.24, 2.45) is 5.73 Å². The van der Waals surface area contributed by atoms with Gasteiger partial charge in [0.05, 0.1) is 14.2 Å². The Balaban J connectivity index is 2.25. The number of benzene rings is 2. The summed E-state index contributed by atoms with van der Waals surface area (Å²) in [6, 6.07) is 14.0. The van der Waals surface area contributed by atoms with E-state index in [1.54, 1.807) is 14.2 Å². The second-order valence-corrected chi connectivity index (χ2v) is 5.29. The Labute approximate surface area is 131 Å². The first-order valence-corrected chi connectivity index (χ1v) is 7.31. The zero-order valence-electron chi connectivity index (χ0n) is 13.3. The van der Waals surface area contributed by atoms with Crippen LogP contribution in [0.4, 0.5) is 0 Å². The molecular weight excluding hydrogens is 278 g/mol. The molecule has 2 N–H and O–H groups in total. The van der Waals surface area contributed by atoms with E-state index in [4.69, 9.17) is 19.9 Å². The minimum atomic E-state index is 0.0745. The number of ether oxygens (including phenoxy) is 3. The average Bonchev–Trinajstić information content (AvgIpc) is 2.53. The second kappa shape index (κ2) is 7.71. The highest BCUT2D eigenvalue weighted by atomic mass is 16.5. The Bertz CT molecular complexity index is 572. The number of rotatable bonds is 7. The normalized spacial score (nSPS) is 11.8. The fraction of sp³-hybridized carbons (Fsp3) is 0.333. The highest BCUT2D eigenvalue weighted by molar-refractivity contribution is 5.54. The molecule has 0 bridgehead atoms. The van der Waals surface area contributed by atoms with Crippen molar-refractivity contribution < 1.29 is 14.2 Å². The van der Waals surface area contributed by atoms with Crippen LogP contribution in [0.2, 0.25) is 0 Å². The summed E-state index contributed by atoms with van der Waals surface area (Å²) in [7, 11) is 3.25. The molecule has 0 aliphatic heterocycles. The van der Waals surface area contributed by atoms with E-state index in [1.807, 2.05) is 49.4 Å². The Kier molecular flexibility index (Phi) is 5.67. The zero-order valence-corrected chi connectivity index (χ0v) is 13.3. The molecular formula is C18H23NO3. The molecule has 0 fully saturated rings. The quantitative estimate of drug-likeness (QED) is 0.853. The predicted octanol–water partition coefficient (Wildman–Crippen LogP) is 3.17. The van der Waals surface area contributed by atoms with Crippen molar-refractivity contribution in [3.8, 4) is 17.2 Å². The molecule has 2 aromatic carbocycles. The van der Waals surface area contributed by atoms with Crippen LogP contribution in [-0.2, 0) is 13.0 Å². The van der Waals surface area contributed by atoms with Crippen LogP contribution in [0, 0.1) is 0 Å². The summed E-state index contributed by atoms with van der Waals surface area (Å²) in [5, 5.41) is 0. The van der Waals surface area contributed by atoms with E-state index in [9.17, 15) is 0 Å². The van der Waals surface area contributed by atoms with Crippen molar-refractivity contribution in [2.45, 2.75) is 26.0 Å². The molecule has 4 heteroatoms. The van der Waals surface area contributed by atoms with E-state index < -0.39 is 0 Å². The minimum absolute atomic E-state index is 0.0745. The van der Waals surface area contributed by atoms with Crippen molar-refractivity contribution >= 4 is 0 Å². The van der Waals surface area contributed by atoms with Crippen molar-refractivity contribution in [2.75, 3.05) is 14.2 Å². The number of methoxy groups -OCH3 is 2. The Hall–Kier alpha value is -2.20. The van der Waals surface area contributed by atoms with Gasteiger partial charge in [-0.2, -0.15) is 0 Å². The molecule has 0 amide bonds. The van der Waals surface area contributed by atoms with Gasteiger partial charge in [0.1, 0.15) is 6.61 Å². The van der Waals surface area contributed by atoms with Crippen molar-refractivity contribution in [1.82, 2.24) is 0 Å². The minimum Gasteiger partial charge on any atom is -0.493 e. The standard InChI is InChI=1S/C18H23NO3/c1-13(19)9-15-10-16(20-2)18(17(11-15)21-3)22-12-14-7-5-4-6-8-14/h4-8,10-11,13H,9,12,19H2,1-3H3. The van der Waals surface area contributed by atoms with Crippen LogP contribution in [0.5, 0.6) is 17.2 Å². The van der Waals surface area contributed by atoms with Gasteiger partial charge in [0.2, 0.25) is 5.75 Å². The van der Waals surface area contributed by atoms with Crippen LogP contribution in [0.1, 0.15) is 18.1 Å². The van der Waals surface area contributed by atoms with Gasteiger partial charge in [0, 0.05) is 6.04 Å². The molecule has 0 spiro atoms. The Morgan fingerprint density at radius 1 is 0.955 bits per heavy atom. The van der Waals surface area contributed by atoms with Crippen LogP contribution >= 0.6 is 0 Å². The molecule has 22 heavy (non-hydrogen) atoms. The monoisotopic (exact) mass is 301 g/mol. The van der Waals surface area contributed by atoms with Crippen LogP contribution < -0.4 is 19.9 Å². The highest BCUT2D eigenvalue weighted by Gasteiger charge is 2.15. The van der Waals surface area contributed by atoms with E-state index in [0.717, 1.165) is 17.5 Å². The summed E-state index contributed by atoms with van der Waals surface area (Å²) < 4.78 is 16.8. The van der Waals surface area contributed by atoms with E-state index in [-0.39, 0.29) is 6.04 Å². The molecule has 2 rings (SSSR count). The smallest absolute Gasteiger partial charge is 0.203 e. The van der Waals surface area contributed by atoms with Crippen LogP contribution in [-0.4, -0.2) is 20.3 Å². The number of nitrogens with two attached hydrogens (primary N) is 1. The third kappa shape index (κ3) is 4.15.